The van der Waals surface area contributed by atoms with Crippen molar-refractivity contribution in [2.24, 2.45) is 11.7 Å². The minimum absolute atomic E-state index is 0.402. The van der Waals surface area contributed by atoms with Gasteiger partial charge in [0.25, 0.3) is 5.91 Å². The summed E-state index contributed by atoms with van der Waals surface area (Å²) in [5.41, 5.74) is 5.24. The summed E-state index contributed by atoms with van der Waals surface area (Å²) in [4.78, 5) is 34.2. The highest BCUT2D eigenvalue weighted by molar-refractivity contribution is 5.97. The average molecular weight is 374 g/mol. The lowest BCUT2D eigenvalue weighted by Gasteiger charge is -2.18. The van der Waals surface area contributed by atoms with E-state index < -0.39 is 42.0 Å². The zero-order valence-electron chi connectivity index (χ0n) is 13.9. The minimum atomic E-state index is -4.79. The summed E-state index contributed by atoms with van der Waals surface area (Å²) >= 11 is 0. The third-order valence-electron chi connectivity index (χ3n) is 2.88. The van der Waals surface area contributed by atoms with Crippen molar-refractivity contribution in [3.63, 3.8) is 0 Å². The lowest BCUT2D eigenvalue weighted by molar-refractivity contribution is -0.274. The largest absolute Gasteiger partial charge is 0.573 e. The molecule has 0 radical (unpaired) electrons. The first-order chi connectivity index (χ1) is 12.0. The van der Waals surface area contributed by atoms with Crippen molar-refractivity contribution in [1.82, 2.24) is 5.32 Å². The van der Waals surface area contributed by atoms with E-state index in [0.29, 0.717) is 5.56 Å². The van der Waals surface area contributed by atoms with Gasteiger partial charge in [0.1, 0.15) is 5.75 Å². The smallest absolute Gasteiger partial charge is 0.449 e. The molecule has 3 amide bonds. The zero-order chi connectivity index (χ0) is 19.9. The Morgan fingerprint density at radius 1 is 1.15 bits per heavy atom. The highest BCUT2D eigenvalue weighted by atomic mass is 19.4. The van der Waals surface area contributed by atoms with Gasteiger partial charge in [0.15, 0.2) is 6.10 Å². The molecular weight excluding hydrogens is 357 g/mol. The number of carbonyl (C=O) groups is 3. The molecule has 0 fully saturated rings. The first-order valence-electron chi connectivity index (χ1n) is 7.32. The van der Waals surface area contributed by atoms with Crippen LogP contribution in [0.25, 0.3) is 6.08 Å². The first kappa shape index (κ1) is 21.0. The number of urea groups is 1. The number of amides is 3. The van der Waals surface area contributed by atoms with Gasteiger partial charge in [-0.2, -0.15) is 0 Å². The predicted molar refractivity (Wildman–Crippen MR) is 84.6 cm³/mol. The third kappa shape index (κ3) is 7.69. The number of imide groups is 1. The second kappa shape index (κ2) is 8.88. The van der Waals surface area contributed by atoms with Crippen LogP contribution in [0, 0.1) is 5.92 Å². The van der Waals surface area contributed by atoms with Gasteiger partial charge in [-0.05, 0) is 29.7 Å². The topological polar surface area (TPSA) is 108 Å². The fourth-order valence-electron chi connectivity index (χ4n) is 1.79. The number of hydrogen-bond acceptors (Lipinski definition) is 5. The number of rotatable bonds is 6. The van der Waals surface area contributed by atoms with Crippen molar-refractivity contribution in [1.29, 1.82) is 0 Å². The summed E-state index contributed by atoms with van der Waals surface area (Å²) in [5, 5.41) is 1.82. The second-order valence-corrected chi connectivity index (χ2v) is 5.41. The summed E-state index contributed by atoms with van der Waals surface area (Å²) in [6, 6.07) is 3.68. The van der Waals surface area contributed by atoms with Crippen molar-refractivity contribution in [2.45, 2.75) is 26.3 Å². The molecule has 0 spiro atoms. The maximum Gasteiger partial charge on any atom is 0.573 e. The number of hydrogen-bond donors (Lipinski definition) is 2. The molecule has 1 rings (SSSR count). The maximum absolute atomic E-state index is 12.1. The van der Waals surface area contributed by atoms with Crippen molar-refractivity contribution in [3.8, 4) is 5.75 Å². The molecule has 0 aromatic heterocycles. The van der Waals surface area contributed by atoms with Crippen LogP contribution in [0.2, 0.25) is 0 Å². The van der Waals surface area contributed by atoms with Crippen LogP contribution < -0.4 is 15.8 Å². The van der Waals surface area contributed by atoms with Crippen LogP contribution in [0.15, 0.2) is 30.3 Å². The molecule has 0 bridgehead atoms. The summed E-state index contributed by atoms with van der Waals surface area (Å²) in [6.45, 7) is 3.20. The number of nitrogens with one attached hydrogen (secondary N) is 1. The first-order valence-corrected chi connectivity index (χ1v) is 7.32. The molecule has 1 aromatic carbocycles. The van der Waals surface area contributed by atoms with Crippen molar-refractivity contribution < 1.29 is 37.0 Å². The van der Waals surface area contributed by atoms with E-state index in [0.717, 1.165) is 18.2 Å². The third-order valence-corrected chi connectivity index (χ3v) is 2.88. The van der Waals surface area contributed by atoms with E-state index in [2.05, 4.69) is 4.74 Å². The van der Waals surface area contributed by atoms with E-state index >= 15 is 0 Å². The van der Waals surface area contributed by atoms with E-state index in [1.807, 2.05) is 5.32 Å². The van der Waals surface area contributed by atoms with Crippen molar-refractivity contribution in [3.05, 3.63) is 35.9 Å². The van der Waals surface area contributed by atoms with Crippen LogP contribution in [0.5, 0.6) is 5.75 Å². The van der Waals surface area contributed by atoms with Crippen LogP contribution in [0.3, 0.4) is 0 Å². The summed E-state index contributed by atoms with van der Waals surface area (Å²) in [5.74, 6) is -2.56. The van der Waals surface area contributed by atoms with Gasteiger partial charge in [-0.3, -0.25) is 10.1 Å². The number of primary amides is 1. The molecule has 10 heteroatoms. The molecule has 0 aliphatic carbocycles. The Hall–Kier alpha value is -3.04. The highest BCUT2D eigenvalue weighted by Crippen LogP contribution is 2.23. The van der Waals surface area contributed by atoms with E-state index in [4.69, 9.17) is 10.5 Å². The Morgan fingerprint density at radius 3 is 2.19 bits per heavy atom. The molecule has 0 unspecified atom stereocenters. The monoisotopic (exact) mass is 374 g/mol. The van der Waals surface area contributed by atoms with Gasteiger partial charge in [-0.1, -0.05) is 26.0 Å². The van der Waals surface area contributed by atoms with Crippen LogP contribution >= 0.6 is 0 Å². The number of ether oxygens (including phenoxy) is 2. The number of nitrogens with two attached hydrogens (primary N) is 1. The van der Waals surface area contributed by atoms with E-state index in [1.54, 1.807) is 13.8 Å². The zero-order valence-corrected chi connectivity index (χ0v) is 13.9. The van der Waals surface area contributed by atoms with Crippen LogP contribution in [0.1, 0.15) is 19.4 Å². The van der Waals surface area contributed by atoms with Gasteiger partial charge >= 0.3 is 18.4 Å². The lowest BCUT2D eigenvalue weighted by atomic mass is 10.1. The maximum atomic E-state index is 12.1. The molecule has 0 aliphatic rings. The van der Waals surface area contributed by atoms with E-state index in [9.17, 15) is 27.6 Å². The Labute approximate surface area is 146 Å². The van der Waals surface area contributed by atoms with Gasteiger partial charge in [0.2, 0.25) is 0 Å². The Kier molecular flexibility index (Phi) is 7.17. The summed E-state index contributed by atoms with van der Waals surface area (Å²) < 4.78 is 44.9. The van der Waals surface area contributed by atoms with Gasteiger partial charge in [-0.15, -0.1) is 13.2 Å². The number of alkyl halides is 3. The number of halogens is 3. The summed E-state index contributed by atoms with van der Waals surface area (Å²) in [7, 11) is 0. The lowest BCUT2D eigenvalue weighted by Crippen LogP contribution is -2.45. The van der Waals surface area contributed by atoms with Crippen molar-refractivity contribution >= 4 is 24.0 Å². The molecule has 1 aromatic rings. The normalized spacial score (nSPS) is 12.7. The number of benzene rings is 1. The summed E-state index contributed by atoms with van der Waals surface area (Å²) in [6.07, 6.45) is -3.75. The van der Waals surface area contributed by atoms with E-state index in [-0.39, 0.29) is 0 Å². The van der Waals surface area contributed by atoms with Crippen LogP contribution in [0.4, 0.5) is 18.0 Å². The quantitative estimate of drug-likeness (QED) is 0.587. The van der Waals surface area contributed by atoms with Crippen LogP contribution in [-0.4, -0.2) is 30.4 Å². The molecule has 7 nitrogen and oxygen atoms in total. The Balaban J connectivity index is 2.70. The SMILES string of the molecule is CC(C)[C@@H](OC(=O)/C=C/c1ccc(OC(F)(F)F)cc1)C(=O)NC(N)=O. The molecule has 1 atom stereocenters. The van der Waals surface area contributed by atoms with E-state index in [1.165, 1.54) is 18.2 Å². The minimum Gasteiger partial charge on any atom is -0.449 e. The molecule has 0 saturated carbocycles. The molecule has 0 aliphatic heterocycles. The Morgan fingerprint density at radius 2 is 1.73 bits per heavy atom. The fraction of sp³-hybridized carbons (Fsp3) is 0.312. The van der Waals surface area contributed by atoms with Gasteiger partial charge in [0.05, 0.1) is 0 Å². The fourth-order valence-corrected chi connectivity index (χ4v) is 1.79. The molecular formula is C16H17F3N2O5. The Bertz CT molecular complexity index is 684. The standard InChI is InChI=1S/C16H17F3N2O5/c1-9(2)13(14(23)21-15(20)24)25-12(22)8-5-10-3-6-11(7-4-10)26-16(17,18)19/h3-9,13H,1-2H3,(H3,20,21,23,24)/b8-5+/t13-/m1/s1. The highest BCUT2D eigenvalue weighted by Gasteiger charge is 2.31. The second-order valence-electron chi connectivity index (χ2n) is 5.41. The van der Waals surface area contributed by atoms with Gasteiger partial charge in [-0.25, -0.2) is 9.59 Å². The molecule has 3 N–H and O–H groups in total. The predicted octanol–water partition coefficient (Wildman–Crippen LogP) is 2.36. The van der Waals surface area contributed by atoms with Crippen LogP contribution in [-0.2, 0) is 14.3 Å². The average Bonchev–Trinajstić information content (AvgIpc) is 2.49. The van der Waals surface area contributed by atoms with Gasteiger partial charge in [0, 0.05) is 6.08 Å². The molecule has 0 saturated heterocycles. The molecule has 0 heterocycles. The molecule has 26 heavy (non-hydrogen) atoms. The number of esters is 1. The molecule has 142 valence electrons. The number of carbonyl (C=O) groups excluding carboxylic acids is 3. The van der Waals surface area contributed by atoms with Gasteiger partial charge < -0.3 is 15.2 Å². The van der Waals surface area contributed by atoms with Crippen molar-refractivity contribution in [2.75, 3.05) is 0 Å².